The summed E-state index contributed by atoms with van der Waals surface area (Å²) in [7, 11) is -1.96. The van der Waals surface area contributed by atoms with Gasteiger partial charge in [0.05, 0.1) is 22.6 Å². The zero-order valence-electron chi connectivity index (χ0n) is 15.5. The van der Waals surface area contributed by atoms with Gasteiger partial charge in [0.1, 0.15) is 11.6 Å². The standard InChI is InChI=1S/C20H15N3O5S/c1-28-20-15(12-21)11-18(13-5-9-17(10-6-13)29(2,26)27)19(22-20)14-3-7-16(8-4-14)23(24)25/h3-11H,1-2H3. The molecule has 0 radical (unpaired) electrons. The maximum Gasteiger partial charge on any atom is 0.269 e. The van der Waals surface area contributed by atoms with Gasteiger partial charge in [-0.3, -0.25) is 10.1 Å². The van der Waals surface area contributed by atoms with Gasteiger partial charge < -0.3 is 4.74 Å². The number of hydrogen-bond donors (Lipinski definition) is 0. The molecule has 2 aromatic carbocycles. The van der Waals surface area contributed by atoms with Crippen LogP contribution in [0.3, 0.4) is 0 Å². The molecule has 0 unspecified atom stereocenters. The van der Waals surface area contributed by atoms with Crippen LogP contribution in [0.15, 0.2) is 59.5 Å². The molecule has 3 rings (SSSR count). The Balaban J connectivity index is 2.22. The summed E-state index contributed by atoms with van der Waals surface area (Å²) in [5.74, 6) is 0.123. The Morgan fingerprint density at radius 2 is 1.66 bits per heavy atom. The van der Waals surface area contributed by atoms with Crippen LogP contribution < -0.4 is 4.74 Å². The first-order valence-electron chi connectivity index (χ1n) is 8.29. The smallest absolute Gasteiger partial charge is 0.269 e. The second-order valence-electron chi connectivity index (χ2n) is 6.15. The Hall–Kier alpha value is -3.77. The zero-order chi connectivity index (χ0) is 21.2. The van der Waals surface area contributed by atoms with Crippen LogP contribution in [-0.4, -0.2) is 31.7 Å². The van der Waals surface area contributed by atoms with Crippen molar-refractivity contribution in [3.05, 3.63) is 70.3 Å². The average Bonchev–Trinajstić information content (AvgIpc) is 2.72. The van der Waals surface area contributed by atoms with Crippen molar-refractivity contribution in [1.29, 1.82) is 5.26 Å². The predicted molar refractivity (Wildman–Crippen MR) is 106 cm³/mol. The van der Waals surface area contributed by atoms with Crippen LogP contribution in [0.25, 0.3) is 22.4 Å². The van der Waals surface area contributed by atoms with E-state index in [2.05, 4.69) is 4.98 Å². The first-order chi connectivity index (χ1) is 13.7. The highest BCUT2D eigenvalue weighted by Crippen LogP contribution is 2.35. The van der Waals surface area contributed by atoms with E-state index in [0.29, 0.717) is 22.4 Å². The molecule has 0 atom stereocenters. The highest BCUT2D eigenvalue weighted by atomic mass is 32.2. The molecule has 9 heteroatoms. The minimum absolute atomic E-state index is 0.0617. The van der Waals surface area contributed by atoms with Gasteiger partial charge in [0, 0.05) is 29.5 Å². The Morgan fingerprint density at radius 3 is 2.14 bits per heavy atom. The number of aromatic nitrogens is 1. The number of rotatable bonds is 5. The molecule has 0 spiro atoms. The number of hydrogen-bond acceptors (Lipinski definition) is 7. The molecule has 1 heterocycles. The molecule has 0 aliphatic rings. The monoisotopic (exact) mass is 409 g/mol. The van der Waals surface area contributed by atoms with Gasteiger partial charge in [-0.15, -0.1) is 0 Å². The van der Waals surface area contributed by atoms with E-state index in [9.17, 15) is 23.8 Å². The molecular formula is C20H15N3O5S. The molecule has 29 heavy (non-hydrogen) atoms. The third-order valence-corrected chi connectivity index (χ3v) is 5.37. The normalized spacial score (nSPS) is 10.9. The van der Waals surface area contributed by atoms with Gasteiger partial charge in [-0.2, -0.15) is 5.26 Å². The van der Waals surface area contributed by atoms with Gasteiger partial charge in [0.25, 0.3) is 5.69 Å². The number of nitrogens with zero attached hydrogens (tertiary/aromatic N) is 3. The molecule has 0 aliphatic carbocycles. The second kappa shape index (κ2) is 7.69. The highest BCUT2D eigenvalue weighted by molar-refractivity contribution is 7.90. The fourth-order valence-corrected chi connectivity index (χ4v) is 3.43. The fourth-order valence-electron chi connectivity index (χ4n) is 2.79. The molecule has 8 nitrogen and oxygen atoms in total. The lowest BCUT2D eigenvalue weighted by Gasteiger charge is -2.13. The number of nitro benzene ring substituents is 1. The number of nitriles is 1. The van der Waals surface area contributed by atoms with Crippen LogP contribution >= 0.6 is 0 Å². The van der Waals surface area contributed by atoms with Crippen molar-refractivity contribution < 1.29 is 18.1 Å². The zero-order valence-corrected chi connectivity index (χ0v) is 16.3. The lowest BCUT2D eigenvalue weighted by molar-refractivity contribution is -0.384. The number of pyridine rings is 1. The van der Waals surface area contributed by atoms with E-state index in [1.54, 1.807) is 30.3 Å². The Bertz CT molecular complexity index is 1230. The van der Waals surface area contributed by atoms with Crippen molar-refractivity contribution in [3.8, 4) is 34.3 Å². The molecule has 146 valence electrons. The third kappa shape index (κ3) is 4.07. The molecule has 0 aliphatic heterocycles. The van der Waals surface area contributed by atoms with Crippen molar-refractivity contribution in [2.75, 3.05) is 13.4 Å². The topological polar surface area (TPSA) is 123 Å². The molecular weight excluding hydrogens is 394 g/mol. The molecule has 0 amide bonds. The largest absolute Gasteiger partial charge is 0.480 e. The summed E-state index contributed by atoms with van der Waals surface area (Å²) in [6.07, 6.45) is 1.12. The lowest BCUT2D eigenvalue weighted by Crippen LogP contribution is -1.99. The molecule has 0 N–H and O–H groups in total. The average molecular weight is 409 g/mol. The minimum Gasteiger partial charge on any atom is -0.480 e. The summed E-state index contributed by atoms with van der Waals surface area (Å²) < 4.78 is 28.6. The fraction of sp³-hybridized carbons (Fsp3) is 0.100. The van der Waals surface area contributed by atoms with Gasteiger partial charge in [-0.25, -0.2) is 13.4 Å². The summed E-state index contributed by atoms with van der Waals surface area (Å²) in [5.41, 5.74) is 2.38. The molecule has 0 saturated heterocycles. The quantitative estimate of drug-likeness (QED) is 0.466. The van der Waals surface area contributed by atoms with E-state index in [-0.39, 0.29) is 22.0 Å². The molecule has 0 fully saturated rings. The van der Waals surface area contributed by atoms with Crippen molar-refractivity contribution in [1.82, 2.24) is 4.98 Å². The van der Waals surface area contributed by atoms with Gasteiger partial charge in [0.2, 0.25) is 5.88 Å². The van der Waals surface area contributed by atoms with Crippen LogP contribution in [0.4, 0.5) is 5.69 Å². The first kappa shape index (κ1) is 20.0. The van der Waals surface area contributed by atoms with Crippen molar-refractivity contribution in [2.24, 2.45) is 0 Å². The summed E-state index contributed by atoms with van der Waals surface area (Å²) in [4.78, 5) is 15.0. The maximum atomic E-state index is 11.7. The van der Waals surface area contributed by atoms with Crippen LogP contribution in [0.5, 0.6) is 5.88 Å². The van der Waals surface area contributed by atoms with E-state index >= 15 is 0 Å². The Morgan fingerprint density at radius 1 is 1.07 bits per heavy atom. The van der Waals surface area contributed by atoms with Crippen LogP contribution in [0.1, 0.15) is 5.56 Å². The lowest BCUT2D eigenvalue weighted by atomic mass is 9.97. The predicted octanol–water partition coefficient (Wildman–Crippen LogP) is 3.61. The van der Waals surface area contributed by atoms with Crippen molar-refractivity contribution in [3.63, 3.8) is 0 Å². The number of nitro groups is 1. The van der Waals surface area contributed by atoms with Gasteiger partial charge in [-0.1, -0.05) is 12.1 Å². The summed E-state index contributed by atoms with van der Waals surface area (Å²) in [6, 6.07) is 15.6. The number of methoxy groups -OCH3 is 1. The van der Waals surface area contributed by atoms with E-state index in [4.69, 9.17) is 4.74 Å². The molecule has 3 aromatic rings. The number of sulfone groups is 1. The van der Waals surface area contributed by atoms with Crippen LogP contribution in [-0.2, 0) is 9.84 Å². The summed E-state index contributed by atoms with van der Waals surface area (Å²) >= 11 is 0. The molecule has 0 saturated carbocycles. The second-order valence-corrected chi connectivity index (χ2v) is 8.17. The number of non-ortho nitro benzene ring substituents is 1. The Kier molecular flexibility index (Phi) is 5.30. The van der Waals surface area contributed by atoms with E-state index in [1.165, 1.54) is 31.4 Å². The number of benzene rings is 2. The summed E-state index contributed by atoms with van der Waals surface area (Å²) in [5, 5.41) is 20.3. The van der Waals surface area contributed by atoms with Gasteiger partial charge >= 0.3 is 0 Å². The Labute approximate surface area is 167 Å². The van der Waals surface area contributed by atoms with Crippen LogP contribution in [0, 0.1) is 21.4 Å². The third-order valence-electron chi connectivity index (χ3n) is 4.25. The van der Waals surface area contributed by atoms with Crippen molar-refractivity contribution >= 4 is 15.5 Å². The van der Waals surface area contributed by atoms with Gasteiger partial charge in [-0.05, 0) is 35.9 Å². The highest BCUT2D eigenvalue weighted by Gasteiger charge is 2.17. The van der Waals surface area contributed by atoms with Gasteiger partial charge in [0.15, 0.2) is 9.84 Å². The van der Waals surface area contributed by atoms with Crippen molar-refractivity contribution in [2.45, 2.75) is 4.90 Å². The number of ether oxygens (including phenoxy) is 1. The molecule has 0 bridgehead atoms. The minimum atomic E-state index is -3.35. The molecule has 1 aromatic heterocycles. The maximum absolute atomic E-state index is 11.7. The van der Waals surface area contributed by atoms with E-state index < -0.39 is 14.8 Å². The first-order valence-corrected chi connectivity index (χ1v) is 10.2. The SMILES string of the molecule is COc1nc(-c2ccc([N+](=O)[O-])cc2)c(-c2ccc(S(C)(=O)=O)cc2)cc1C#N. The van der Waals surface area contributed by atoms with Crippen LogP contribution in [0.2, 0.25) is 0 Å². The van der Waals surface area contributed by atoms with E-state index in [1.807, 2.05) is 6.07 Å². The van der Waals surface area contributed by atoms with E-state index in [0.717, 1.165) is 6.26 Å². The summed E-state index contributed by atoms with van der Waals surface area (Å²) in [6.45, 7) is 0.